The molecule has 1 aromatic heterocycles. The van der Waals surface area contributed by atoms with Crippen LogP contribution in [0, 0.1) is 0 Å². The number of carboxylic acid groups (broad SMARTS) is 1. The molecule has 1 fully saturated rings. The number of hydrogen-bond donors (Lipinski definition) is 2. The molecular formula is C10H16N4O4. The van der Waals surface area contributed by atoms with E-state index in [1.54, 1.807) is 0 Å². The van der Waals surface area contributed by atoms with Crippen LogP contribution >= 0.6 is 0 Å². The number of nitrogens with one attached hydrogen (secondary N) is 1. The third-order valence-corrected chi connectivity index (χ3v) is 2.53. The lowest BCUT2D eigenvalue weighted by molar-refractivity contribution is -0.0863. The van der Waals surface area contributed by atoms with Gasteiger partial charge in [0, 0.05) is 13.1 Å². The molecule has 0 aromatic carbocycles. The molecule has 2 N–H and O–H groups in total. The van der Waals surface area contributed by atoms with E-state index in [0.29, 0.717) is 39.5 Å². The molecule has 0 saturated carbocycles. The molecule has 1 unspecified atom stereocenters. The third kappa shape index (κ3) is 3.76. The van der Waals surface area contributed by atoms with E-state index in [2.05, 4.69) is 15.6 Å². The van der Waals surface area contributed by atoms with Crippen LogP contribution in [0.4, 0.5) is 0 Å². The van der Waals surface area contributed by atoms with Gasteiger partial charge in [-0.2, -0.15) is 0 Å². The Kier molecular flexibility index (Phi) is 4.62. The van der Waals surface area contributed by atoms with Crippen molar-refractivity contribution >= 4 is 5.97 Å². The average Bonchev–Trinajstić information content (AvgIpc) is 2.85. The molecule has 0 amide bonds. The molecule has 18 heavy (non-hydrogen) atoms. The Balaban J connectivity index is 1.63. The van der Waals surface area contributed by atoms with Crippen molar-refractivity contribution in [3.8, 4) is 0 Å². The van der Waals surface area contributed by atoms with Crippen LogP contribution in [-0.2, 0) is 16.0 Å². The minimum absolute atomic E-state index is 0.0426. The summed E-state index contributed by atoms with van der Waals surface area (Å²) in [5.74, 6) is -1.07. The van der Waals surface area contributed by atoms with Gasteiger partial charge in [0.1, 0.15) is 0 Å². The second-order valence-corrected chi connectivity index (χ2v) is 3.94. The van der Waals surface area contributed by atoms with Gasteiger partial charge < -0.3 is 19.9 Å². The fourth-order valence-electron chi connectivity index (χ4n) is 1.62. The van der Waals surface area contributed by atoms with E-state index >= 15 is 0 Å². The zero-order valence-corrected chi connectivity index (χ0v) is 9.91. The maximum Gasteiger partial charge on any atom is 0.358 e. The highest BCUT2D eigenvalue weighted by Gasteiger charge is 2.13. The molecule has 0 radical (unpaired) electrons. The molecule has 100 valence electrons. The second kappa shape index (κ2) is 6.43. The van der Waals surface area contributed by atoms with Crippen LogP contribution in [0.15, 0.2) is 6.20 Å². The van der Waals surface area contributed by atoms with Crippen molar-refractivity contribution < 1.29 is 19.4 Å². The fraction of sp³-hybridized carbons (Fsp3) is 0.700. The Morgan fingerprint density at radius 1 is 1.61 bits per heavy atom. The summed E-state index contributed by atoms with van der Waals surface area (Å²) in [6, 6.07) is 0. The van der Waals surface area contributed by atoms with E-state index in [4.69, 9.17) is 14.6 Å². The maximum atomic E-state index is 10.6. The van der Waals surface area contributed by atoms with Gasteiger partial charge in [-0.1, -0.05) is 5.21 Å². The molecule has 0 aliphatic carbocycles. The lowest BCUT2D eigenvalue weighted by atomic mass is 10.3. The van der Waals surface area contributed by atoms with E-state index in [0.717, 1.165) is 0 Å². The Labute approximate surface area is 104 Å². The minimum atomic E-state index is -1.07. The van der Waals surface area contributed by atoms with Gasteiger partial charge in [-0.15, -0.1) is 5.10 Å². The number of rotatable bonds is 6. The first-order chi connectivity index (χ1) is 8.75. The number of nitrogens with zero attached hydrogens (tertiary/aromatic N) is 3. The first-order valence-electron chi connectivity index (χ1n) is 5.79. The Bertz CT molecular complexity index is 389. The number of aromatic carboxylic acids is 1. The summed E-state index contributed by atoms with van der Waals surface area (Å²) in [7, 11) is 0. The van der Waals surface area contributed by atoms with Crippen molar-refractivity contribution in [1.82, 2.24) is 20.3 Å². The fourth-order valence-corrected chi connectivity index (χ4v) is 1.62. The summed E-state index contributed by atoms with van der Waals surface area (Å²) in [6.07, 6.45) is 1.49. The van der Waals surface area contributed by atoms with Gasteiger partial charge in [0.05, 0.1) is 38.7 Å². The minimum Gasteiger partial charge on any atom is -0.476 e. The van der Waals surface area contributed by atoms with Gasteiger partial charge in [0.2, 0.25) is 0 Å². The van der Waals surface area contributed by atoms with Crippen LogP contribution in [0.1, 0.15) is 10.5 Å². The predicted molar refractivity (Wildman–Crippen MR) is 60.4 cm³/mol. The normalized spacial score (nSPS) is 19.9. The van der Waals surface area contributed by atoms with Gasteiger partial charge in [-0.05, 0) is 0 Å². The Morgan fingerprint density at radius 2 is 2.50 bits per heavy atom. The van der Waals surface area contributed by atoms with Gasteiger partial charge >= 0.3 is 5.97 Å². The van der Waals surface area contributed by atoms with Crippen molar-refractivity contribution in [2.45, 2.75) is 12.6 Å². The summed E-state index contributed by atoms with van der Waals surface area (Å²) in [4.78, 5) is 10.6. The van der Waals surface area contributed by atoms with E-state index in [1.807, 2.05) is 0 Å². The molecule has 2 rings (SSSR count). The molecule has 1 aliphatic rings. The summed E-state index contributed by atoms with van der Waals surface area (Å²) >= 11 is 0. The molecule has 0 bridgehead atoms. The molecule has 1 saturated heterocycles. The third-order valence-electron chi connectivity index (χ3n) is 2.53. The highest BCUT2D eigenvalue weighted by Crippen LogP contribution is 1.98. The summed E-state index contributed by atoms with van der Waals surface area (Å²) in [5, 5.41) is 19.1. The quantitative estimate of drug-likeness (QED) is 0.629. The topological polar surface area (TPSA) is 98.5 Å². The van der Waals surface area contributed by atoms with Gasteiger partial charge in [0.25, 0.3) is 0 Å². The second-order valence-electron chi connectivity index (χ2n) is 3.94. The van der Waals surface area contributed by atoms with Crippen LogP contribution < -0.4 is 5.32 Å². The summed E-state index contributed by atoms with van der Waals surface area (Å²) in [6.45, 7) is 3.85. The standard InChI is InChI=1S/C10H16N4O4/c15-10(16)9-6-14(13-12-9)2-1-11-5-8-7-17-3-4-18-8/h6,8,11H,1-5,7H2,(H,15,16). The van der Waals surface area contributed by atoms with Crippen molar-refractivity contribution in [2.75, 3.05) is 32.9 Å². The number of hydrogen-bond acceptors (Lipinski definition) is 6. The highest BCUT2D eigenvalue weighted by atomic mass is 16.6. The predicted octanol–water partition coefficient (Wildman–Crippen LogP) is -1.02. The number of aromatic nitrogens is 3. The van der Waals surface area contributed by atoms with E-state index < -0.39 is 5.97 Å². The molecule has 1 aliphatic heterocycles. The molecular weight excluding hydrogens is 240 g/mol. The zero-order chi connectivity index (χ0) is 12.8. The summed E-state index contributed by atoms with van der Waals surface area (Å²) < 4.78 is 12.2. The summed E-state index contributed by atoms with van der Waals surface area (Å²) in [5.41, 5.74) is -0.0426. The molecule has 1 aromatic rings. The van der Waals surface area contributed by atoms with E-state index in [1.165, 1.54) is 10.9 Å². The van der Waals surface area contributed by atoms with Crippen molar-refractivity contribution in [1.29, 1.82) is 0 Å². The molecule has 2 heterocycles. The number of carbonyl (C=O) groups is 1. The average molecular weight is 256 g/mol. The number of ether oxygens (including phenoxy) is 2. The van der Waals surface area contributed by atoms with Gasteiger partial charge in [0.15, 0.2) is 5.69 Å². The monoisotopic (exact) mass is 256 g/mol. The first kappa shape index (κ1) is 12.9. The SMILES string of the molecule is O=C(O)c1cn(CCNCC2COCCO2)nn1. The number of carboxylic acids is 1. The lowest BCUT2D eigenvalue weighted by Gasteiger charge is -2.23. The van der Waals surface area contributed by atoms with Crippen molar-refractivity contribution in [3.63, 3.8) is 0 Å². The first-order valence-corrected chi connectivity index (χ1v) is 5.79. The Hall–Kier alpha value is -1.51. The van der Waals surface area contributed by atoms with Crippen LogP contribution in [-0.4, -0.2) is 65.1 Å². The van der Waals surface area contributed by atoms with Crippen LogP contribution in [0.2, 0.25) is 0 Å². The van der Waals surface area contributed by atoms with Gasteiger partial charge in [-0.25, -0.2) is 4.79 Å². The maximum absolute atomic E-state index is 10.6. The van der Waals surface area contributed by atoms with Crippen LogP contribution in [0.5, 0.6) is 0 Å². The van der Waals surface area contributed by atoms with Crippen molar-refractivity contribution in [3.05, 3.63) is 11.9 Å². The van der Waals surface area contributed by atoms with Crippen LogP contribution in [0.25, 0.3) is 0 Å². The molecule has 0 spiro atoms. The lowest BCUT2D eigenvalue weighted by Crippen LogP contribution is -2.38. The smallest absolute Gasteiger partial charge is 0.358 e. The molecule has 8 nitrogen and oxygen atoms in total. The van der Waals surface area contributed by atoms with Crippen LogP contribution in [0.3, 0.4) is 0 Å². The highest BCUT2D eigenvalue weighted by molar-refractivity contribution is 5.84. The largest absolute Gasteiger partial charge is 0.476 e. The van der Waals surface area contributed by atoms with Crippen molar-refractivity contribution in [2.24, 2.45) is 0 Å². The Morgan fingerprint density at radius 3 is 3.17 bits per heavy atom. The molecule has 8 heteroatoms. The van der Waals surface area contributed by atoms with E-state index in [-0.39, 0.29) is 11.8 Å². The zero-order valence-electron chi connectivity index (χ0n) is 9.91. The van der Waals surface area contributed by atoms with Gasteiger partial charge in [-0.3, -0.25) is 4.68 Å². The van der Waals surface area contributed by atoms with E-state index in [9.17, 15) is 4.79 Å². The molecule has 1 atom stereocenters.